The number of aryl methyl sites for hydroxylation is 1. The summed E-state index contributed by atoms with van der Waals surface area (Å²) in [6.07, 6.45) is 2.45. The SMILES string of the molecule is CCCc1ccccc1.[Zn]. The summed E-state index contributed by atoms with van der Waals surface area (Å²) >= 11 is 0. The van der Waals surface area contributed by atoms with Gasteiger partial charge in [0.25, 0.3) is 0 Å². The van der Waals surface area contributed by atoms with Crippen molar-refractivity contribution in [3.8, 4) is 0 Å². The molecule has 0 nitrogen and oxygen atoms in total. The van der Waals surface area contributed by atoms with Crippen LogP contribution in [-0.2, 0) is 25.9 Å². The monoisotopic (exact) mass is 184 g/mol. The number of hydrogen-bond acceptors (Lipinski definition) is 0. The summed E-state index contributed by atoms with van der Waals surface area (Å²) in [5.74, 6) is 0. The number of hydrogen-bond donors (Lipinski definition) is 0. The van der Waals surface area contributed by atoms with Crippen LogP contribution in [0.1, 0.15) is 18.9 Å². The maximum atomic E-state index is 2.20. The first kappa shape index (κ1) is 9.84. The molecule has 1 heteroatoms. The molecule has 0 saturated carbocycles. The van der Waals surface area contributed by atoms with Gasteiger partial charge in [-0.2, -0.15) is 0 Å². The molecule has 0 aromatic heterocycles. The third-order valence-corrected chi connectivity index (χ3v) is 1.38. The van der Waals surface area contributed by atoms with Gasteiger partial charge in [0.2, 0.25) is 0 Å². The largest absolute Gasteiger partial charge is 0.0651 e. The van der Waals surface area contributed by atoms with Gasteiger partial charge in [0.1, 0.15) is 0 Å². The second-order valence-corrected chi connectivity index (χ2v) is 2.24. The maximum Gasteiger partial charge on any atom is 0 e. The van der Waals surface area contributed by atoms with Crippen LogP contribution in [0.5, 0.6) is 0 Å². The van der Waals surface area contributed by atoms with Gasteiger partial charge < -0.3 is 0 Å². The van der Waals surface area contributed by atoms with E-state index in [4.69, 9.17) is 0 Å². The molecular formula is C9H12Zn. The number of benzene rings is 1. The van der Waals surface area contributed by atoms with E-state index in [1.54, 1.807) is 0 Å². The van der Waals surface area contributed by atoms with Crippen LogP contribution in [0.3, 0.4) is 0 Å². The molecule has 0 N–H and O–H groups in total. The molecule has 0 saturated heterocycles. The van der Waals surface area contributed by atoms with Gasteiger partial charge in [0.05, 0.1) is 0 Å². The maximum absolute atomic E-state index is 2.20. The van der Waals surface area contributed by atoms with Crippen LogP contribution < -0.4 is 0 Å². The molecular weight excluding hydrogens is 173 g/mol. The predicted molar refractivity (Wildman–Crippen MR) is 40.4 cm³/mol. The van der Waals surface area contributed by atoms with E-state index in [1.807, 2.05) is 0 Å². The Morgan fingerprint density at radius 3 is 2.20 bits per heavy atom. The Kier molecular flexibility index (Phi) is 5.53. The number of rotatable bonds is 2. The summed E-state index contributed by atoms with van der Waals surface area (Å²) in [5, 5.41) is 0. The van der Waals surface area contributed by atoms with Gasteiger partial charge in [0, 0.05) is 19.5 Å². The minimum atomic E-state index is 0. The molecule has 0 aliphatic heterocycles. The summed E-state index contributed by atoms with van der Waals surface area (Å²) < 4.78 is 0. The molecule has 1 aromatic carbocycles. The van der Waals surface area contributed by atoms with E-state index < -0.39 is 0 Å². The predicted octanol–water partition coefficient (Wildman–Crippen LogP) is 2.64. The first-order valence-corrected chi connectivity index (χ1v) is 3.47. The van der Waals surface area contributed by atoms with Gasteiger partial charge in [-0.05, 0) is 12.0 Å². The fourth-order valence-corrected chi connectivity index (χ4v) is 0.933. The Morgan fingerprint density at radius 2 is 1.70 bits per heavy atom. The molecule has 0 amide bonds. The average molecular weight is 186 g/mol. The van der Waals surface area contributed by atoms with Crippen LogP contribution in [0.15, 0.2) is 30.3 Å². The molecule has 0 bridgehead atoms. The minimum absolute atomic E-state index is 0. The second-order valence-electron chi connectivity index (χ2n) is 2.24. The third-order valence-electron chi connectivity index (χ3n) is 1.38. The van der Waals surface area contributed by atoms with E-state index in [2.05, 4.69) is 37.3 Å². The normalized spacial score (nSPS) is 8.50. The summed E-state index contributed by atoms with van der Waals surface area (Å²) in [7, 11) is 0. The van der Waals surface area contributed by atoms with Crippen molar-refractivity contribution in [3.63, 3.8) is 0 Å². The first-order chi connectivity index (χ1) is 4.43. The molecule has 0 heterocycles. The quantitative estimate of drug-likeness (QED) is 0.622. The molecule has 0 spiro atoms. The van der Waals surface area contributed by atoms with Crippen molar-refractivity contribution in [1.82, 2.24) is 0 Å². The van der Waals surface area contributed by atoms with E-state index >= 15 is 0 Å². The van der Waals surface area contributed by atoms with Gasteiger partial charge in [-0.3, -0.25) is 0 Å². The zero-order chi connectivity index (χ0) is 6.53. The Bertz CT molecular complexity index is 158. The fourth-order valence-electron chi connectivity index (χ4n) is 0.933. The summed E-state index contributed by atoms with van der Waals surface area (Å²) in [5.41, 5.74) is 1.44. The van der Waals surface area contributed by atoms with Crippen LogP contribution >= 0.6 is 0 Å². The molecule has 1 rings (SSSR count). The van der Waals surface area contributed by atoms with Crippen LogP contribution in [0.25, 0.3) is 0 Å². The molecule has 0 atom stereocenters. The van der Waals surface area contributed by atoms with Crippen molar-refractivity contribution in [2.45, 2.75) is 19.8 Å². The zero-order valence-corrected chi connectivity index (χ0v) is 9.48. The van der Waals surface area contributed by atoms with Crippen molar-refractivity contribution >= 4 is 0 Å². The van der Waals surface area contributed by atoms with Gasteiger partial charge in [-0.15, -0.1) is 0 Å². The van der Waals surface area contributed by atoms with E-state index in [-0.39, 0.29) is 19.5 Å². The Labute approximate surface area is 75.4 Å². The molecule has 0 aliphatic rings. The average Bonchev–Trinajstić information content (AvgIpc) is 1.91. The van der Waals surface area contributed by atoms with Gasteiger partial charge in [-0.1, -0.05) is 43.7 Å². The van der Waals surface area contributed by atoms with E-state index in [1.165, 1.54) is 18.4 Å². The fraction of sp³-hybridized carbons (Fsp3) is 0.333. The molecule has 0 unspecified atom stereocenters. The van der Waals surface area contributed by atoms with Crippen LogP contribution in [0, 0.1) is 0 Å². The minimum Gasteiger partial charge on any atom is -0.0651 e. The third kappa shape index (κ3) is 3.12. The Hall–Kier alpha value is -0.157. The van der Waals surface area contributed by atoms with Crippen molar-refractivity contribution in [1.29, 1.82) is 0 Å². The van der Waals surface area contributed by atoms with Crippen molar-refractivity contribution in [3.05, 3.63) is 35.9 Å². The second kappa shape index (κ2) is 5.61. The van der Waals surface area contributed by atoms with Crippen molar-refractivity contribution in [2.24, 2.45) is 0 Å². The van der Waals surface area contributed by atoms with Crippen molar-refractivity contribution < 1.29 is 19.5 Å². The molecule has 50 valence electrons. The molecule has 0 aliphatic carbocycles. The first-order valence-electron chi connectivity index (χ1n) is 3.47. The topological polar surface area (TPSA) is 0 Å². The van der Waals surface area contributed by atoms with Crippen LogP contribution in [-0.4, -0.2) is 0 Å². The molecule has 0 fully saturated rings. The van der Waals surface area contributed by atoms with Gasteiger partial charge in [-0.25, -0.2) is 0 Å². The van der Waals surface area contributed by atoms with E-state index in [0.717, 1.165) is 0 Å². The summed E-state index contributed by atoms with van der Waals surface area (Å²) in [6, 6.07) is 10.6. The summed E-state index contributed by atoms with van der Waals surface area (Å²) in [4.78, 5) is 0. The van der Waals surface area contributed by atoms with E-state index in [0.29, 0.717) is 0 Å². The van der Waals surface area contributed by atoms with E-state index in [9.17, 15) is 0 Å². The standard InChI is InChI=1S/C9H12.Zn/c1-2-6-9-7-4-3-5-8-9;/h3-5,7-8H,2,6H2,1H3;. The van der Waals surface area contributed by atoms with Gasteiger partial charge >= 0.3 is 0 Å². The van der Waals surface area contributed by atoms with Crippen LogP contribution in [0.2, 0.25) is 0 Å². The molecule has 1 aromatic rings. The molecule has 0 radical (unpaired) electrons. The van der Waals surface area contributed by atoms with Crippen molar-refractivity contribution in [2.75, 3.05) is 0 Å². The smallest absolute Gasteiger partial charge is 0 e. The Morgan fingerprint density at radius 1 is 1.10 bits per heavy atom. The zero-order valence-electron chi connectivity index (χ0n) is 6.51. The van der Waals surface area contributed by atoms with Crippen LogP contribution in [0.4, 0.5) is 0 Å². The Balaban J connectivity index is 0.000000810. The summed E-state index contributed by atoms with van der Waals surface area (Å²) in [6.45, 7) is 2.20. The van der Waals surface area contributed by atoms with Gasteiger partial charge in [0.15, 0.2) is 0 Å². The molecule has 10 heavy (non-hydrogen) atoms.